The lowest BCUT2D eigenvalue weighted by atomic mass is 9.99. The van der Waals surface area contributed by atoms with Crippen molar-refractivity contribution in [2.75, 3.05) is 0 Å². The molecule has 1 aliphatic heterocycles. The molecule has 1 aliphatic rings. The van der Waals surface area contributed by atoms with Crippen molar-refractivity contribution < 1.29 is 24.4 Å². The van der Waals surface area contributed by atoms with Gasteiger partial charge >= 0.3 is 0 Å². The van der Waals surface area contributed by atoms with Gasteiger partial charge in [0, 0.05) is 17.0 Å². The second kappa shape index (κ2) is 9.84. The standard InChI is InChI=1S/C12H15FO4.C9H12N2/c1-6-9(14)11(16)12(17-6)10(15)7-3-2-4-8(13)5-7;1-4-5-9-7(2)10-6-11-8(9)3/h2-6,9-12,14-16H,1H3;4-6H,1-3H3/b;5-4-. The third-order valence-corrected chi connectivity index (χ3v) is 4.66. The Morgan fingerprint density at radius 1 is 1.14 bits per heavy atom. The molecule has 5 unspecified atom stereocenters. The lowest BCUT2D eigenvalue weighted by Crippen LogP contribution is -2.34. The summed E-state index contributed by atoms with van der Waals surface area (Å²) in [7, 11) is 0. The van der Waals surface area contributed by atoms with Crippen LogP contribution in [0.15, 0.2) is 36.7 Å². The van der Waals surface area contributed by atoms with Crippen molar-refractivity contribution in [2.45, 2.75) is 58.2 Å². The van der Waals surface area contributed by atoms with Crippen molar-refractivity contribution in [3.63, 3.8) is 0 Å². The van der Waals surface area contributed by atoms with Gasteiger partial charge in [0.1, 0.15) is 36.6 Å². The van der Waals surface area contributed by atoms with Gasteiger partial charge in [-0.05, 0) is 45.4 Å². The number of allylic oxidation sites excluding steroid dienone is 1. The van der Waals surface area contributed by atoms with Crippen LogP contribution in [0.2, 0.25) is 0 Å². The minimum absolute atomic E-state index is 0.315. The SMILES string of the molecule is C/C=C\c1c(C)ncnc1C.CC1OC(C(O)c2cccc(F)c2)C(O)C1O. The third kappa shape index (κ3) is 5.20. The lowest BCUT2D eigenvalue weighted by molar-refractivity contribution is -0.0636. The number of aryl methyl sites for hydroxylation is 2. The number of hydrogen-bond acceptors (Lipinski definition) is 6. The van der Waals surface area contributed by atoms with Gasteiger partial charge in [-0.2, -0.15) is 0 Å². The van der Waals surface area contributed by atoms with Crippen LogP contribution in [0.4, 0.5) is 4.39 Å². The molecular weight excluding hydrogens is 363 g/mol. The summed E-state index contributed by atoms with van der Waals surface area (Å²) in [6, 6.07) is 5.45. The molecule has 1 aromatic carbocycles. The Bertz CT molecular complexity index is 794. The van der Waals surface area contributed by atoms with Gasteiger partial charge in [-0.3, -0.25) is 0 Å². The van der Waals surface area contributed by atoms with E-state index in [1.165, 1.54) is 18.2 Å². The van der Waals surface area contributed by atoms with E-state index in [0.29, 0.717) is 5.56 Å². The first kappa shape index (κ1) is 22.1. The Kier molecular flexibility index (Phi) is 7.77. The topological polar surface area (TPSA) is 95.7 Å². The summed E-state index contributed by atoms with van der Waals surface area (Å²) < 4.78 is 18.3. The van der Waals surface area contributed by atoms with Gasteiger partial charge in [0.25, 0.3) is 0 Å². The summed E-state index contributed by atoms with van der Waals surface area (Å²) in [5.41, 5.74) is 3.52. The molecule has 3 N–H and O–H groups in total. The van der Waals surface area contributed by atoms with E-state index in [2.05, 4.69) is 9.97 Å². The van der Waals surface area contributed by atoms with Crippen molar-refractivity contribution in [1.29, 1.82) is 0 Å². The van der Waals surface area contributed by atoms with Crippen LogP contribution in [0.1, 0.15) is 42.5 Å². The predicted octanol–water partition coefficient (Wildman–Crippen LogP) is 2.49. The average molecular weight is 390 g/mol. The second-order valence-corrected chi connectivity index (χ2v) is 6.75. The molecule has 0 spiro atoms. The largest absolute Gasteiger partial charge is 0.388 e. The Hall–Kier alpha value is -2.19. The molecule has 0 radical (unpaired) electrons. The number of halogens is 1. The molecule has 1 fully saturated rings. The highest BCUT2D eigenvalue weighted by Gasteiger charge is 2.44. The van der Waals surface area contributed by atoms with Crippen LogP contribution in [0.25, 0.3) is 6.08 Å². The van der Waals surface area contributed by atoms with Gasteiger partial charge in [0.2, 0.25) is 0 Å². The molecule has 6 nitrogen and oxygen atoms in total. The zero-order chi connectivity index (χ0) is 20.8. The summed E-state index contributed by atoms with van der Waals surface area (Å²) in [4.78, 5) is 8.19. The van der Waals surface area contributed by atoms with Crippen molar-refractivity contribution in [1.82, 2.24) is 9.97 Å². The summed E-state index contributed by atoms with van der Waals surface area (Å²) in [5.74, 6) is -0.470. The van der Waals surface area contributed by atoms with E-state index in [1.54, 1.807) is 19.3 Å². The van der Waals surface area contributed by atoms with E-state index in [9.17, 15) is 19.7 Å². The van der Waals surface area contributed by atoms with Gasteiger partial charge < -0.3 is 20.1 Å². The summed E-state index contributed by atoms with van der Waals surface area (Å²) >= 11 is 0. The van der Waals surface area contributed by atoms with Gasteiger partial charge in [0.05, 0.1) is 6.10 Å². The fourth-order valence-corrected chi connectivity index (χ4v) is 3.03. The van der Waals surface area contributed by atoms with Gasteiger partial charge in [-0.15, -0.1) is 0 Å². The van der Waals surface area contributed by atoms with E-state index in [1.807, 2.05) is 32.9 Å². The highest BCUT2D eigenvalue weighted by molar-refractivity contribution is 5.53. The first-order valence-electron chi connectivity index (χ1n) is 9.12. The van der Waals surface area contributed by atoms with Crippen LogP contribution >= 0.6 is 0 Å². The number of rotatable bonds is 3. The maximum absolute atomic E-state index is 13.0. The molecule has 2 aromatic rings. The molecule has 2 heterocycles. The zero-order valence-electron chi connectivity index (χ0n) is 16.5. The molecular formula is C21H27FN2O4. The second-order valence-electron chi connectivity index (χ2n) is 6.75. The smallest absolute Gasteiger partial charge is 0.123 e. The van der Waals surface area contributed by atoms with Crippen molar-refractivity contribution in [3.05, 3.63) is 65.0 Å². The quantitative estimate of drug-likeness (QED) is 0.745. The van der Waals surface area contributed by atoms with Crippen molar-refractivity contribution >= 4 is 6.08 Å². The highest BCUT2D eigenvalue weighted by Crippen LogP contribution is 2.30. The van der Waals surface area contributed by atoms with E-state index in [4.69, 9.17) is 4.74 Å². The molecule has 3 rings (SSSR count). The number of hydrogen-bond donors (Lipinski definition) is 3. The Balaban J connectivity index is 0.000000221. The molecule has 0 bridgehead atoms. The summed E-state index contributed by atoms with van der Waals surface area (Å²) in [6.45, 7) is 7.58. The van der Waals surface area contributed by atoms with E-state index in [0.717, 1.165) is 17.0 Å². The number of aliphatic hydroxyl groups is 3. The Labute approximate surface area is 164 Å². The monoisotopic (exact) mass is 390 g/mol. The van der Waals surface area contributed by atoms with Crippen LogP contribution in [0.3, 0.4) is 0 Å². The first-order valence-corrected chi connectivity index (χ1v) is 9.12. The summed E-state index contributed by atoms with van der Waals surface area (Å²) in [6.07, 6.45) is 0.743. The van der Waals surface area contributed by atoms with Crippen LogP contribution < -0.4 is 0 Å². The Morgan fingerprint density at radius 3 is 2.29 bits per heavy atom. The highest BCUT2D eigenvalue weighted by atomic mass is 19.1. The van der Waals surface area contributed by atoms with E-state index < -0.39 is 36.3 Å². The molecule has 1 saturated heterocycles. The number of benzene rings is 1. The van der Waals surface area contributed by atoms with Crippen molar-refractivity contribution in [2.24, 2.45) is 0 Å². The predicted molar refractivity (Wildman–Crippen MR) is 104 cm³/mol. The molecule has 28 heavy (non-hydrogen) atoms. The normalized spacial score (nSPS) is 25.4. The van der Waals surface area contributed by atoms with Crippen LogP contribution in [0, 0.1) is 19.7 Å². The molecule has 7 heteroatoms. The van der Waals surface area contributed by atoms with Crippen LogP contribution in [-0.4, -0.2) is 49.7 Å². The van der Waals surface area contributed by atoms with E-state index in [-0.39, 0.29) is 0 Å². The Morgan fingerprint density at radius 2 is 1.79 bits per heavy atom. The average Bonchev–Trinajstić information content (AvgIpc) is 2.92. The fourth-order valence-electron chi connectivity index (χ4n) is 3.03. The maximum atomic E-state index is 13.0. The van der Waals surface area contributed by atoms with Crippen LogP contribution in [-0.2, 0) is 4.74 Å². The zero-order valence-corrected chi connectivity index (χ0v) is 16.5. The maximum Gasteiger partial charge on any atom is 0.123 e. The fraction of sp³-hybridized carbons (Fsp3) is 0.429. The van der Waals surface area contributed by atoms with E-state index >= 15 is 0 Å². The number of aromatic nitrogens is 2. The third-order valence-electron chi connectivity index (χ3n) is 4.66. The number of aliphatic hydroxyl groups excluding tert-OH is 3. The molecule has 5 atom stereocenters. The molecule has 0 amide bonds. The number of nitrogens with zero attached hydrogens (tertiary/aromatic N) is 2. The lowest BCUT2D eigenvalue weighted by Gasteiger charge is -2.21. The number of ether oxygens (including phenoxy) is 1. The first-order chi connectivity index (χ1) is 13.3. The van der Waals surface area contributed by atoms with Gasteiger partial charge in [-0.25, -0.2) is 14.4 Å². The van der Waals surface area contributed by atoms with Crippen LogP contribution in [0.5, 0.6) is 0 Å². The molecule has 0 saturated carbocycles. The minimum atomic E-state index is -1.18. The van der Waals surface area contributed by atoms with Crippen molar-refractivity contribution in [3.8, 4) is 0 Å². The summed E-state index contributed by atoms with van der Waals surface area (Å²) in [5, 5.41) is 29.2. The molecule has 152 valence electrons. The molecule has 0 aliphatic carbocycles. The minimum Gasteiger partial charge on any atom is -0.388 e. The van der Waals surface area contributed by atoms with Gasteiger partial charge in [-0.1, -0.05) is 24.3 Å². The van der Waals surface area contributed by atoms with Gasteiger partial charge in [0.15, 0.2) is 0 Å². The molecule has 1 aromatic heterocycles.